The van der Waals surface area contributed by atoms with Crippen LogP contribution in [0.3, 0.4) is 0 Å². The van der Waals surface area contributed by atoms with Crippen LogP contribution < -0.4 is 5.32 Å². The van der Waals surface area contributed by atoms with E-state index in [1.807, 2.05) is 33.8 Å². The standard InChI is InChI=1S/C18H22N6O2/c1-9(2)18-22-15(23-26-18)14-7-10(3)24-16(21-14)13(8-19-24)17(25)20-11(4)12-5-6-12/h7-9,11-12H,5-6H2,1-4H3,(H,20,25). The number of rotatable bonds is 5. The second-order valence-electron chi connectivity index (χ2n) is 7.29. The molecule has 0 spiro atoms. The lowest BCUT2D eigenvalue weighted by Gasteiger charge is -2.11. The molecular weight excluding hydrogens is 332 g/mol. The first-order chi connectivity index (χ1) is 12.4. The van der Waals surface area contributed by atoms with E-state index >= 15 is 0 Å². The highest BCUT2D eigenvalue weighted by Gasteiger charge is 2.30. The van der Waals surface area contributed by atoms with Crippen LogP contribution in [0.15, 0.2) is 16.8 Å². The van der Waals surface area contributed by atoms with Crippen LogP contribution in [0, 0.1) is 12.8 Å². The first kappa shape index (κ1) is 16.7. The fraction of sp³-hybridized carbons (Fsp3) is 0.500. The number of hydrogen-bond acceptors (Lipinski definition) is 6. The summed E-state index contributed by atoms with van der Waals surface area (Å²) in [6, 6.07) is 2.00. The van der Waals surface area contributed by atoms with E-state index in [1.165, 1.54) is 12.8 Å². The summed E-state index contributed by atoms with van der Waals surface area (Å²) in [6.45, 7) is 7.92. The molecule has 1 aliphatic carbocycles. The molecule has 1 atom stereocenters. The Balaban J connectivity index is 1.71. The zero-order valence-corrected chi connectivity index (χ0v) is 15.4. The van der Waals surface area contributed by atoms with Crippen LogP contribution in [0.4, 0.5) is 0 Å². The number of nitrogens with zero attached hydrogens (tertiary/aromatic N) is 5. The van der Waals surface area contributed by atoms with Gasteiger partial charge in [0.15, 0.2) is 5.65 Å². The largest absolute Gasteiger partial charge is 0.349 e. The number of aromatic nitrogens is 5. The third kappa shape index (κ3) is 2.95. The van der Waals surface area contributed by atoms with Gasteiger partial charge in [0, 0.05) is 17.7 Å². The second kappa shape index (κ2) is 6.19. The van der Waals surface area contributed by atoms with Gasteiger partial charge in [-0.25, -0.2) is 9.50 Å². The highest BCUT2D eigenvalue weighted by Crippen LogP contribution is 2.32. The minimum Gasteiger partial charge on any atom is -0.349 e. The quantitative estimate of drug-likeness (QED) is 0.756. The Morgan fingerprint density at radius 1 is 1.31 bits per heavy atom. The van der Waals surface area contributed by atoms with Gasteiger partial charge in [-0.3, -0.25) is 4.79 Å². The number of aryl methyl sites for hydroxylation is 1. The Bertz CT molecular complexity index is 969. The normalized spacial score (nSPS) is 15.6. The molecule has 1 unspecified atom stereocenters. The molecule has 0 radical (unpaired) electrons. The lowest BCUT2D eigenvalue weighted by molar-refractivity contribution is 0.0937. The fourth-order valence-corrected chi connectivity index (χ4v) is 2.96. The molecule has 1 amide bonds. The van der Waals surface area contributed by atoms with E-state index in [2.05, 4.69) is 25.5 Å². The maximum atomic E-state index is 12.7. The SMILES string of the molecule is Cc1cc(-c2noc(C(C)C)n2)nc2c(C(=O)NC(C)C3CC3)cnn12. The molecule has 1 fully saturated rings. The van der Waals surface area contributed by atoms with Gasteiger partial charge in [0.05, 0.1) is 6.20 Å². The van der Waals surface area contributed by atoms with E-state index < -0.39 is 0 Å². The van der Waals surface area contributed by atoms with Gasteiger partial charge in [0.2, 0.25) is 11.7 Å². The number of carbonyl (C=O) groups excluding carboxylic acids is 1. The Morgan fingerprint density at radius 3 is 2.73 bits per heavy atom. The Morgan fingerprint density at radius 2 is 2.08 bits per heavy atom. The first-order valence-electron chi connectivity index (χ1n) is 8.94. The summed E-state index contributed by atoms with van der Waals surface area (Å²) >= 11 is 0. The van der Waals surface area contributed by atoms with Crippen molar-refractivity contribution in [3.8, 4) is 11.5 Å². The lowest BCUT2D eigenvalue weighted by Crippen LogP contribution is -2.34. The van der Waals surface area contributed by atoms with Gasteiger partial charge in [-0.05, 0) is 38.7 Å². The molecule has 26 heavy (non-hydrogen) atoms. The molecule has 8 heteroatoms. The molecule has 136 valence electrons. The van der Waals surface area contributed by atoms with Gasteiger partial charge < -0.3 is 9.84 Å². The maximum Gasteiger partial charge on any atom is 0.256 e. The van der Waals surface area contributed by atoms with Gasteiger partial charge in [-0.15, -0.1) is 0 Å². The number of amides is 1. The molecule has 3 aromatic heterocycles. The Hall–Kier alpha value is -2.77. The number of fused-ring (bicyclic) bond motifs is 1. The van der Waals surface area contributed by atoms with E-state index in [0.29, 0.717) is 34.5 Å². The maximum absolute atomic E-state index is 12.7. The monoisotopic (exact) mass is 354 g/mol. The summed E-state index contributed by atoms with van der Waals surface area (Å²) in [5.41, 5.74) is 2.36. The van der Waals surface area contributed by atoms with Crippen LogP contribution in [-0.2, 0) is 0 Å². The van der Waals surface area contributed by atoms with Gasteiger partial charge in [-0.2, -0.15) is 10.1 Å². The highest BCUT2D eigenvalue weighted by atomic mass is 16.5. The molecule has 8 nitrogen and oxygen atoms in total. The molecule has 0 aliphatic heterocycles. The Kier molecular flexibility index (Phi) is 3.97. The van der Waals surface area contributed by atoms with Gasteiger partial charge in [0.1, 0.15) is 11.3 Å². The molecule has 1 aliphatic rings. The zero-order valence-electron chi connectivity index (χ0n) is 15.4. The van der Waals surface area contributed by atoms with E-state index in [0.717, 1.165) is 5.69 Å². The van der Waals surface area contributed by atoms with Crippen molar-refractivity contribution >= 4 is 11.6 Å². The van der Waals surface area contributed by atoms with E-state index in [4.69, 9.17) is 4.52 Å². The van der Waals surface area contributed by atoms with E-state index in [-0.39, 0.29) is 17.9 Å². The van der Waals surface area contributed by atoms with Crippen LogP contribution in [0.25, 0.3) is 17.2 Å². The van der Waals surface area contributed by atoms with Crippen molar-refractivity contribution in [1.82, 2.24) is 30.1 Å². The molecule has 3 heterocycles. The molecular formula is C18H22N6O2. The minimum atomic E-state index is -0.153. The molecule has 4 rings (SSSR count). The number of carbonyl (C=O) groups is 1. The second-order valence-corrected chi connectivity index (χ2v) is 7.29. The van der Waals surface area contributed by atoms with Crippen LogP contribution >= 0.6 is 0 Å². The van der Waals surface area contributed by atoms with Crippen molar-refractivity contribution in [2.45, 2.75) is 52.5 Å². The smallest absolute Gasteiger partial charge is 0.256 e. The van der Waals surface area contributed by atoms with Gasteiger partial charge >= 0.3 is 0 Å². The predicted molar refractivity (Wildman–Crippen MR) is 94.8 cm³/mol. The van der Waals surface area contributed by atoms with Crippen molar-refractivity contribution in [2.24, 2.45) is 5.92 Å². The zero-order chi connectivity index (χ0) is 18.4. The third-order valence-corrected chi connectivity index (χ3v) is 4.75. The average molecular weight is 354 g/mol. The molecule has 0 saturated heterocycles. The van der Waals surface area contributed by atoms with Crippen molar-refractivity contribution < 1.29 is 9.32 Å². The van der Waals surface area contributed by atoms with Gasteiger partial charge in [0.25, 0.3) is 5.91 Å². The van der Waals surface area contributed by atoms with E-state index in [9.17, 15) is 4.79 Å². The molecule has 1 N–H and O–H groups in total. The van der Waals surface area contributed by atoms with Crippen LogP contribution in [0.2, 0.25) is 0 Å². The van der Waals surface area contributed by atoms with Crippen LogP contribution in [0.5, 0.6) is 0 Å². The summed E-state index contributed by atoms with van der Waals surface area (Å²) in [4.78, 5) is 21.6. The number of hydrogen-bond donors (Lipinski definition) is 1. The molecule has 1 saturated carbocycles. The van der Waals surface area contributed by atoms with Crippen LogP contribution in [-0.4, -0.2) is 36.7 Å². The summed E-state index contributed by atoms with van der Waals surface area (Å²) in [5, 5.41) is 11.4. The molecule has 0 bridgehead atoms. The predicted octanol–water partition coefficient (Wildman–Crippen LogP) is 2.74. The van der Waals surface area contributed by atoms with Crippen LogP contribution in [0.1, 0.15) is 61.5 Å². The van der Waals surface area contributed by atoms with E-state index in [1.54, 1.807) is 10.7 Å². The van der Waals surface area contributed by atoms with Crippen molar-refractivity contribution in [1.29, 1.82) is 0 Å². The highest BCUT2D eigenvalue weighted by molar-refractivity contribution is 6.00. The summed E-state index contributed by atoms with van der Waals surface area (Å²) in [5.74, 6) is 1.54. The van der Waals surface area contributed by atoms with Crippen molar-refractivity contribution in [3.63, 3.8) is 0 Å². The molecule has 0 aromatic carbocycles. The average Bonchev–Trinajstić information content (AvgIpc) is 3.17. The summed E-state index contributed by atoms with van der Waals surface area (Å²) < 4.78 is 6.93. The topological polar surface area (TPSA) is 98.2 Å². The van der Waals surface area contributed by atoms with Crippen molar-refractivity contribution in [2.75, 3.05) is 0 Å². The molecule has 3 aromatic rings. The first-order valence-corrected chi connectivity index (χ1v) is 8.94. The third-order valence-electron chi connectivity index (χ3n) is 4.75. The van der Waals surface area contributed by atoms with Crippen molar-refractivity contribution in [3.05, 3.63) is 29.4 Å². The lowest BCUT2D eigenvalue weighted by atomic mass is 10.2. The number of nitrogens with one attached hydrogen (secondary N) is 1. The fourth-order valence-electron chi connectivity index (χ4n) is 2.96. The Labute approximate surface area is 151 Å². The summed E-state index contributed by atoms with van der Waals surface area (Å²) in [7, 11) is 0. The summed E-state index contributed by atoms with van der Waals surface area (Å²) in [6.07, 6.45) is 3.91. The van der Waals surface area contributed by atoms with Gasteiger partial charge in [-0.1, -0.05) is 19.0 Å². The minimum absolute atomic E-state index is 0.140.